The van der Waals surface area contributed by atoms with Gasteiger partial charge in [-0.15, -0.1) is 0 Å². The molecule has 0 aliphatic carbocycles. The molecule has 0 bridgehead atoms. The number of nitrogens with one attached hydrogen (secondary N) is 1. The molecule has 0 aliphatic heterocycles. The molecule has 0 aromatic rings. The van der Waals surface area contributed by atoms with Gasteiger partial charge in [-0.2, -0.15) is 4.20 Å². The van der Waals surface area contributed by atoms with E-state index in [1.807, 2.05) is 0 Å². The molecule has 0 aromatic heterocycles. The van der Waals surface area contributed by atoms with Crippen molar-refractivity contribution in [3.8, 4) is 0 Å². The summed E-state index contributed by atoms with van der Waals surface area (Å²) in [4.78, 5) is 22.4. The molecule has 118 valence electrons. The van der Waals surface area contributed by atoms with Crippen molar-refractivity contribution in [2.24, 2.45) is 5.73 Å². The number of halogens is 1. The summed E-state index contributed by atoms with van der Waals surface area (Å²) in [7, 11) is -3.65. The lowest BCUT2D eigenvalue weighted by molar-refractivity contribution is -0.122. The van der Waals surface area contributed by atoms with Gasteiger partial charge in [0.15, 0.2) is 0 Å². The van der Waals surface area contributed by atoms with Crippen molar-refractivity contribution in [3.63, 3.8) is 0 Å². The Labute approximate surface area is 119 Å². The van der Waals surface area contributed by atoms with Crippen LogP contribution in [0.25, 0.3) is 0 Å². The van der Waals surface area contributed by atoms with E-state index in [2.05, 4.69) is 16.8 Å². The molecule has 1 unspecified atom stereocenters. The van der Waals surface area contributed by atoms with Crippen LogP contribution in [0.5, 0.6) is 0 Å². The second-order valence-corrected chi connectivity index (χ2v) is 6.65. The molecule has 0 aliphatic rings. The van der Waals surface area contributed by atoms with Crippen LogP contribution in [0.15, 0.2) is 0 Å². The van der Waals surface area contributed by atoms with Gasteiger partial charge >= 0.3 is 7.68 Å². The van der Waals surface area contributed by atoms with Crippen molar-refractivity contribution >= 4 is 19.5 Å². The smallest absolute Gasteiger partial charge is 0.370 e. The summed E-state index contributed by atoms with van der Waals surface area (Å²) in [6.45, 7) is 2.09. The highest BCUT2D eigenvalue weighted by Crippen LogP contribution is 2.52. The molecule has 0 fully saturated rings. The van der Waals surface area contributed by atoms with Crippen LogP contribution in [0.4, 0.5) is 4.20 Å². The maximum atomic E-state index is 13.6. The zero-order valence-corrected chi connectivity index (χ0v) is 13.0. The molecular formula is C12H24FN2O4P. The second-order valence-electron chi connectivity index (χ2n) is 4.62. The van der Waals surface area contributed by atoms with Gasteiger partial charge in [-0.3, -0.25) is 14.2 Å². The van der Waals surface area contributed by atoms with Gasteiger partial charge in [-0.25, -0.2) is 0 Å². The first kappa shape index (κ1) is 19.1. The normalized spacial score (nSPS) is 15.3. The average Bonchev–Trinajstić information content (AvgIpc) is 2.37. The van der Waals surface area contributed by atoms with E-state index < -0.39 is 31.7 Å². The van der Waals surface area contributed by atoms with Crippen molar-refractivity contribution in [3.05, 3.63) is 0 Å². The summed E-state index contributed by atoms with van der Waals surface area (Å²) in [5, 5.41) is 2.23. The lowest BCUT2D eigenvalue weighted by Crippen LogP contribution is -2.37. The van der Waals surface area contributed by atoms with E-state index in [0.717, 1.165) is 32.8 Å². The Morgan fingerprint density at radius 2 is 1.90 bits per heavy atom. The van der Waals surface area contributed by atoms with Crippen molar-refractivity contribution in [2.45, 2.75) is 57.7 Å². The minimum Gasteiger partial charge on any atom is -0.370 e. The number of rotatable bonds is 11. The Balaban J connectivity index is 4.26. The highest BCUT2D eigenvalue weighted by molar-refractivity contribution is 7.54. The number of nitrogens with two attached hydrogens (primary N) is 1. The summed E-state index contributed by atoms with van der Waals surface area (Å²) >= 11 is 0. The Kier molecular flexibility index (Phi) is 9.42. The number of primary amides is 1. The van der Waals surface area contributed by atoms with Crippen LogP contribution in [0.3, 0.4) is 0 Å². The number of amides is 2. The zero-order chi connectivity index (χ0) is 15.6. The van der Waals surface area contributed by atoms with Gasteiger partial charge in [-0.05, 0) is 6.42 Å². The molecule has 0 saturated carbocycles. The van der Waals surface area contributed by atoms with Crippen LogP contribution in [0.2, 0.25) is 0 Å². The van der Waals surface area contributed by atoms with E-state index in [-0.39, 0.29) is 6.42 Å². The SMILES string of the molecule is CCCCCCCC(=O)N[C@H](CC(N)=O)P(=O)(F)OC. The van der Waals surface area contributed by atoms with Gasteiger partial charge < -0.3 is 15.6 Å². The molecule has 0 saturated heterocycles. The molecule has 0 aromatic carbocycles. The van der Waals surface area contributed by atoms with Crippen LogP contribution in [0.1, 0.15) is 51.9 Å². The topological polar surface area (TPSA) is 98.5 Å². The first-order valence-corrected chi connectivity index (χ1v) is 8.34. The molecule has 0 rings (SSSR count). The third-order valence-electron chi connectivity index (χ3n) is 2.85. The van der Waals surface area contributed by atoms with Crippen molar-refractivity contribution in [1.29, 1.82) is 0 Å². The van der Waals surface area contributed by atoms with Crippen molar-refractivity contribution in [1.82, 2.24) is 5.32 Å². The second kappa shape index (κ2) is 9.88. The highest BCUT2D eigenvalue weighted by Gasteiger charge is 2.36. The van der Waals surface area contributed by atoms with Crippen LogP contribution in [-0.2, 0) is 18.7 Å². The number of carbonyl (C=O) groups is 2. The van der Waals surface area contributed by atoms with E-state index in [9.17, 15) is 18.4 Å². The molecule has 0 spiro atoms. The number of unbranched alkanes of at least 4 members (excludes halogenated alkanes) is 4. The fourth-order valence-corrected chi connectivity index (χ4v) is 2.65. The van der Waals surface area contributed by atoms with Gasteiger partial charge in [0.2, 0.25) is 11.8 Å². The number of carbonyl (C=O) groups excluding carboxylic acids is 2. The lowest BCUT2D eigenvalue weighted by Gasteiger charge is -2.19. The van der Waals surface area contributed by atoms with Crippen LogP contribution in [-0.4, -0.2) is 24.7 Å². The molecule has 3 N–H and O–H groups in total. The van der Waals surface area contributed by atoms with E-state index in [1.54, 1.807) is 0 Å². The van der Waals surface area contributed by atoms with Crippen molar-refractivity contribution < 1.29 is 22.9 Å². The van der Waals surface area contributed by atoms with Crippen LogP contribution < -0.4 is 11.1 Å². The molecule has 8 heteroatoms. The minimum atomic E-state index is -4.57. The molecule has 0 heterocycles. The first-order valence-electron chi connectivity index (χ1n) is 6.76. The predicted octanol–water partition coefficient (Wildman–Crippen LogP) is 2.47. The van der Waals surface area contributed by atoms with Gasteiger partial charge in [0.1, 0.15) is 5.78 Å². The molecular weight excluding hydrogens is 286 g/mol. The fourth-order valence-electron chi connectivity index (χ4n) is 1.70. The largest absolute Gasteiger partial charge is 0.389 e. The predicted molar refractivity (Wildman–Crippen MR) is 74.8 cm³/mol. The van der Waals surface area contributed by atoms with Gasteiger partial charge in [-0.1, -0.05) is 32.6 Å². The van der Waals surface area contributed by atoms with Crippen LogP contribution in [0, 0.1) is 0 Å². The standard InChI is InChI=1S/C12H24FN2O4P/c1-3-4-5-6-7-8-11(17)15-12(9-10(14)16)20(13,18)19-2/h12H,3-9H2,1-2H3,(H2,14,16)(H,15,17)/t12-,20?/m0/s1. The molecule has 0 radical (unpaired) electrons. The van der Waals surface area contributed by atoms with E-state index >= 15 is 0 Å². The summed E-state index contributed by atoms with van der Waals surface area (Å²) < 4.78 is 29.3. The van der Waals surface area contributed by atoms with Gasteiger partial charge in [0.05, 0.1) is 6.42 Å². The van der Waals surface area contributed by atoms with Crippen LogP contribution >= 0.6 is 7.68 Å². The quantitative estimate of drug-likeness (QED) is 0.452. The Hall–Kier alpha value is -0.940. The molecule has 6 nitrogen and oxygen atoms in total. The first-order chi connectivity index (χ1) is 9.33. The minimum absolute atomic E-state index is 0.197. The fraction of sp³-hybridized carbons (Fsp3) is 0.833. The summed E-state index contributed by atoms with van der Waals surface area (Å²) in [6.07, 6.45) is 4.46. The zero-order valence-electron chi connectivity index (χ0n) is 12.1. The highest BCUT2D eigenvalue weighted by atomic mass is 31.2. The summed E-state index contributed by atoms with van der Waals surface area (Å²) in [5.41, 5.74) is 4.94. The molecule has 2 amide bonds. The Morgan fingerprint density at radius 3 is 2.40 bits per heavy atom. The lowest BCUT2D eigenvalue weighted by atomic mass is 10.1. The Bertz CT molecular complexity index is 365. The maximum absolute atomic E-state index is 13.6. The van der Waals surface area contributed by atoms with Crippen molar-refractivity contribution in [2.75, 3.05) is 7.11 Å². The van der Waals surface area contributed by atoms with E-state index in [4.69, 9.17) is 5.73 Å². The number of hydrogen-bond acceptors (Lipinski definition) is 4. The molecule has 2 atom stereocenters. The molecule has 20 heavy (non-hydrogen) atoms. The third kappa shape index (κ3) is 8.27. The Morgan fingerprint density at radius 1 is 1.30 bits per heavy atom. The van der Waals surface area contributed by atoms with Gasteiger partial charge in [0, 0.05) is 13.5 Å². The van der Waals surface area contributed by atoms with E-state index in [1.165, 1.54) is 0 Å². The maximum Gasteiger partial charge on any atom is 0.389 e. The van der Waals surface area contributed by atoms with Gasteiger partial charge in [0.25, 0.3) is 0 Å². The average molecular weight is 310 g/mol. The summed E-state index contributed by atoms with van der Waals surface area (Å²) in [5.74, 6) is -2.82. The monoisotopic (exact) mass is 310 g/mol. The third-order valence-corrected chi connectivity index (χ3v) is 4.40. The summed E-state index contributed by atoms with van der Waals surface area (Å²) in [6, 6.07) is 0. The van der Waals surface area contributed by atoms with E-state index in [0.29, 0.717) is 6.42 Å². The number of hydrogen-bond donors (Lipinski definition) is 2.